The molecule has 0 saturated carbocycles. The smallest absolute Gasteiger partial charge is 0.0233 e. The molecule has 0 aliphatic heterocycles. The normalized spacial score (nSPS) is 10.2. The Labute approximate surface area is 199 Å². The monoisotopic (exact) mass is 430 g/mol. The van der Waals surface area contributed by atoms with E-state index in [0.29, 0.717) is 0 Å². The second-order valence-electron chi connectivity index (χ2n) is 5.67. The van der Waals surface area contributed by atoms with E-state index < -0.39 is 0 Å². The molecule has 0 aliphatic carbocycles. The van der Waals surface area contributed by atoms with Crippen molar-refractivity contribution in [2.45, 2.75) is 104 Å². The van der Waals surface area contributed by atoms with Crippen LogP contribution in [0.5, 0.6) is 0 Å². The van der Waals surface area contributed by atoms with Crippen LogP contribution in [0.15, 0.2) is 95.7 Å². The summed E-state index contributed by atoms with van der Waals surface area (Å²) in [5, 5.41) is 0. The lowest BCUT2D eigenvalue weighted by atomic mass is 10.0. The van der Waals surface area contributed by atoms with Crippen LogP contribution < -0.4 is 0 Å². The van der Waals surface area contributed by atoms with Crippen LogP contribution in [-0.2, 0) is 0 Å². The van der Waals surface area contributed by atoms with Crippen molar-refractivity contribution < 1.29 is 0 Å². The highest BCUT2D eigenvalue weighted by Crippen LogP contribution is 2.17. The predicted molar refractivity (Wildman–Crippen MR) is 155 cm³/mol. The molecule has 0 N–H and O–H groups in total. The Hall–Kier alpha value is -2.08. The van der Waals surface area contributed by atoms with E-state index in [2.05, 4.69) is 71.7 Å². The molecule has 0 saturated heterocycles. The summed E-state index contributed by atoms with van der Waals surface area (Å²) in [7, 11) is 0. The summed E-state index contributed by atoms with van der Waals surface area (Å²) in [6, 6.07) is 0. The van der Waals surface area contributed by atoms with Gasteiger partial charge in [-0.3, -0.25) is 0 Å². The van der Waals surface area contributed by atoms with Crippen LogP contribution >= 0.6 is 0 Å². The van der Waals surface area contributed by atoms with Crippen molar-refractivity contribution in [3.8, 4) is 0 Å². The molecule has 0 fully saturated rings. The third kappa shape index (κ3) is 30.2. The molecule has 0 bridgehead atoms. The molecular weight excluding hydrogens is 372 g/mol. The van der Waals surface area contributed by atoms with Gasteiger partial charge in [-0.15, -0.1) is 0 Å². The van der Waals surface area contributed by atoms with E-state index in [9.17, 15) is 0 Å². The number of allylic oxidation sites excluding steroid dienone is 13. The maximum atomic E-state index is 4.13. The fraction of sp³-hybridized carbons (Fsp3) is 0.484. The van der Waals surface area contributed by atoms with Gasteiger partial charge in [-0.2, -0.15) is 0 Å². The van der Waals surface area contributed by atoms with E-state index in [1.807, 2.05) is 80.5 Å². The van der Waals surface area contributed by atoms with Gasteiger partial charge >= 0.3 is 0 Å². The van der Waals surface area contributed by atoms with Crippen LogP contribution in [-0.4, -0.2) is 0 Å². The van der Waals surface area contributed by atoms with Crippen LogP contribution in [0, 0.1) is 0 Å². The Bertz CT molecular complexity index is 565. The molecule has 0 spiro atoms. The van der Waals surface area contributed by atoms with Crippen molar-refractivity contribution in [3.05, 3.63) is 95.7 Å². The molecule has 0 radical (unpaired) electrons. The summed E-state index contributed by atoms with van der Waals surface area (Å²) in [5.74, 6) is 0. The first-order valence-corrected chi connectivity index (χ1v) is 11.7. The summed E-state index contributed by atoms with van der Waals surface area (Å²) in [6.45, 7) is 38.3. The second kappa shape index (κ2) is 35.4. The average Bonchev–Trinajstić information content (AvgIpc) is 2.78. The average molecular weight is 431 g/mol. The van der Waals surface area contributed by atoms with E-state index in [-0.39, 0.29) is 7.43 Å². The Kier molecular flexibility index (Phi) is 49.0. The van der Waals surface area contributed by atoms with Crippen molar-refractivity contribution in [2.24, 2.45) is 0 Å². The lowest BCUT2D eigenvalue weighted by molar-refractivity contribution is 1.13. The van der Waals surface area contributed by atoms with Gasteiger partial charge in [0.15, 0.2) is 0 Å². The number of rotatable bonds is 8. The molecule has 0 atom stereocenters. The summed E-state index contributed by atoms with van der Waals surface area (Å²) in [5.41, 5.74) is 6.88. The van der Waals surface area contributed by atoms with Gasteiger partial charge in [0.25, 0.3) is 0 Å². The van der Waals surface area contributed by atoms with Crippen LogP contribution in [0.1, 0.15) is 104 Å². The predicted octanol–water partition coefficient (Wildman–Crippen LogP) is 11.8. The van der Waals surface area contributed by atoms with Gasteiger partial charge in [0.1, 0.15) is 0 Å². The molecule has 0 heterocycles. The van der Waals surface area contributed by atoms with Gasteiger partial charge < -0.3 is 0 Å². The second-order valence-corrected chi connectivity index (χ2v) is 5.67. The lowest BCUT2D eigenvalue weighted by Gasteiger charge is -2.05. The van der Waals surface area contributed by atoms with Crippen LogP contribution in [0.4, 0.5) is 0 Å². The van der Waals surface area contributed by atoms with E-state index in [1.165, 1.54) is 16.7 Å². The van der Waals surface area contributed by atoms with Crippen molar-refractivity contribution in [1.29, 1.82) is 0 Å². The minimum atomic E-state index is 0. The Morgan fingerprint density at radius 3 is 1.45 bits per heavy atom. The highest BCUT2D eigenvalue weighted by Gasteiger charge is 1.97. The molecule has 0 aromatic rings. The molecule has 0 aliphatic rings. The quantitative estimate of drug-likeness (QED) is 0.336. The van der Waals surface area contributed by atoms with Gasteiger partial charge in [0.05, 0.1) is 0 Å². The van der Waals surface area contributed by atoms with E-state index in [0.717, 1.165) is 23.1 Å². The van der Waals surface area contributed by atoms with Gasteiger partial charge in [-0.05, 0) is 56.4 Å². The molecule has 0 amide bonds. The molecule has 0 rings (SSSR count). The molecule has 0 aromatic carbocycles. The minimum Gasteiger partial charge on any atom is -0.0985 e. The topological polar surface area (TPSA) is 0 Å². The van der Waals surface area contributed by atoms with Crippen molar-refractivity contribution in [2.75, 3.05) is 0 Å². The lowest BCUT2D eigenvalue weighted by Crippen LogP contribution is -1.85. The third-order valence-corrected chi connectivity index (χ3v) is 3.17. The van der Waals surface area contributed by atoms with Crippen LogP contribution in [0.25, 0.3) is 0 Å². The number of hydrogen-bond donors (Lipinski definition) is 0. The fourth-order valence-electron chi connectivity index (χ4n) is 1.74. The van der Waals surface area contributed by atoms with Crippen molar-refractivity contribution in [1.82, 2.24) is 0 Å². The van der Waals surface area contributed by atoms with Gasteiger partial charge in [0.2, 0.25) is 0 Å². The molecule has 0 heteroatoms. The first-order valence-electron chi connectivity index (χ1n) is 11.7. The highest BCUT2D eigenvalue weighted by atomic mass is 14.0. The molecule has 0 aromatic heterocycles. The Morgan fingerprint density at radius 1 is 0.677 bits per heavy atom. The maximum absolute atomic E-state index is 4.13. The zero-order chi connectivity index (χ0) is 25.1. The summed E-state index contributed by atoms with van der Waals surface area (Å²) in [4.78, 5) is 0. The Morgan fingerprint density at radius 2 is 1.13 bits per heavy atom. The standard InChI is InChI=1S/C22H30.4C2H6.CH4/c1-9-21(15-12-18(5)6)20(8)14-16-22(10-2)19(7)13-11-17(3)4;4*1-2;/h9,11-16H,1,3,7,10H2,2,4-6,8H3;4*1-2H3;1H4/b13-11-,20-14+,21-15+,22-16+;;;;;. The molecule has 0 unspecified atom stereocenters. The van der Waals surface area contributed by atoms with Crippen molar-refractivity contribution >= 4 is 0 Å². The van der Waals surface area contributed by atoms with Crippen LogP contribution in [0.3, 0.4) is 0 Å². The molecular formula is C31H58. The first-order chi connectivity index (χ1) is 14.3. The molecule has 31 heavy (non-hydrogen) atoms. The zero-order valence-corrected chi connectivity index (χ0v) is 22.9. The van der Waals surface area contributed by atoms with Gasteiger partial charge in [-0.1, -0.05) is 143 Å². The molecule has 182 valence electrons. The maximum Gasteiger partial charge on any atom is -0.0233 e. The van der Waals surface area contributed by atoms with Gasteiger partial charge in [-0.25, -0.2) is 0 Å². The summed E-state index contributed by atoms with van der Waals surface area (Å²) >= 11 is 0. The SMILES string of the molecule is C.C=CC(=C\C=C(C)C)/C(C)=C/C=C(\CC)C(=C)/C=C\C(=C)C.CC.CC.CC.CC. The first kappa shape index (κ1) is 42.9. The largest absolute Gasteiger partial charge is 0.0985 e. The third-order valence-electron chi connectivity index (χ3n) is 3.17. The molecule has 0 nitrogen and oxygen atoms in total. The summed E-state index contributed by atoms with van der Waals surface area (Å²) < 4.78 is 0. The minimum absolute atomic E-state index is 0. The highest BCUT2D eigenvalue weighted by molar-refractivity contribution is 5.45. The zero-order valence-electron chi connectivity index (χ0n) is 22.9. The summed E-state index contributed by atoms with van der Waals surface area (Å²) in [6.07, 6.45) is 15.3. The van der Waals surface area contributed by atoms with Crippen LogP contribution in [0.2, 0.25) is 0 Å². The van der Waals surface area contributed by atoms with E-state index in [4.69, 9.17) is 0 Å². The van der Waals surface area contributed by atoms with Gasteiger partial charge in [0, 0.05) is 0 Å². The Balaban J connectivity index is -0.000000154. The van der Waals surface area contributed by atoms with Crippen molar-refractivity contribution in [3.63, 3.8) is 0 Å². The fourth-order valence-corrected chi connectivity index (χ4v) is 1.74. The number of hydrogen-bond acceptors (Lipinski definition) is 0. The van der Waals surface area contributed by atoms with E-state index >= 15 is 0 Å². The van der Waals surface area contributed by atoms with E-state index in [1.54, 1.807) is 0 Å².